The van der Waals surface area contributed by atoms with Gasteiger partial charge in [-0.05, 0) is 27.2 Å². The van der Waals surface area contributed by atoms with Gasteiger partial charge in [-0.15, -0.1) is 5.06 Å². The molecule has 0 aromatic carbocycles. The number of rotatable bonds is 5. The van der Waals surface area contributed by atoms with Crippen LogP contribution in [0.3, 0.4) is 0 Å². The monoisotopic (exact) mass is 322 g/mol. The van der Waals surface area contributed by atoms with Crippen LogP contribution in [0.25, 0.3) is 0 Å². The highest BCUT2D eigenvalue weighted by atomic mass is 16.7. The molecule has 2 aliphatic heterocycles. The molecule has 1 saturated heterocycles. The summed E-state index contributed by atoms with van der Waals surface area (Å²) in [5.74, 6) is -2.74. The molecule has 1 unspecified atom stereocenters. The summed E-state index contributed by atoms with van der Waals surface area (Å²) < 4.78 is 0. The molecule has 0 aromatic heterocycles. The number of amides is 4. The van der Waals surface area contributed by atoms with Crippen molar-refractivity contribution in [1.29, 1.82) is 0 Å². The highest BCUT2D eigenvalue weighted by molar-refractivity contribution is 6.13. The van der Waals surface area contributed by atoms with Gasteiger partial charge in [0, 0.05) is 31.0 Å². The lowest BCUT2D eigenvalue weighted by Gasteiger charge is -2.30. The van der Waals surface area contributed by atoms with E-state index in [1.807, 2.05) is 0 Å². The van der Waals surface area contributed by atoms with Gasteiger partial charge in [-0.25, -0.2) is 4.79 Å². The second kappa shape index (κ2) is 5.94. The van der Waals surface area contributed by atoms with Crippen LogP contribution in [0.1, 0.15) is 40.0 Å². The summed E-state index contributed by atoms with van der Waals surface area (Å²) in [4.78, 5) is 64.5. The Bertz CT molecular complexity index is 587. The third-order valence-electron chi connectivity index (χ3n) is 3.82. The fourth-order valence-electron chi connectivity index (χ4n) is 2.62. The molecule has 1 atom stereocenters. The summed E-state index contributed by atoms with van der Waals surface area (Å²) in [7, 11) is 0. The average molecular weight is 322 g/mol. The van der Waals surface area contributed by atoms with Crippen molar-refractivity contribution in [3.05, 3.63) is 12.2 Å². The van der Waals surface area contributed by atoms with E-state index in [0.29, 0.717) is 5.06 Å². The number of nitrogens with zero attached hydrogens (tertiary/aromatic N) is 2. The van der Waals surface area contributed by atoms with Gasteiger partial charge in [-0.2, -0.15) is 0 Å². The second-order valence-electron chi connectivity index (χ2n) is 6.28. The summed E-state index contributed by atoms with van der Waals surface area (Å²) in [6.45, 7) is 4.77. The molecule has 2 heterocycles. The molecule has 0 bridgehead atoms. The topological polar surface area (TPSA) is 101 Å². The van der Waals surface area contributed by atoms with Gasteiger partial charge in [0.25, 0.3) is 23.6 Å². The number of imide groups is 2. The van der Waals surface area contributed by atoms with E-state index in [-0.39, 0.29) is 19.3 Å². The van der Waals surface area contributed by atoms with E-state index in [1.165, 1.54) is 12.2 Å². The highest BCUT2D eigenvalue weighted by Crippen LogP contribution is 2.29. The van der Waals surface area contributed by atoms with Gasteiger partial charge >= 0.3 is 5.97 Å². The molecule has 4 amide bonds. The molecule has 23 heavy (non-hydrogen) atoms. The van der Waals surface area contributed by atoms with Crippen molar-refractivity contribution in [3.8, 4) is 0 Å². The van der Waals surface area contributed by atoms with E-state index < -0.39 is 41.1 Å². The Morgan fingerprint density at radius 1 is 1.13 bits per heavy atom. The molecule has 0 aromatic rings. The quantitative estimate of drug-likeness (QED) is 0.676. The second-order valence-corrected chi connectivity index (χ2v) is 6.28. The van der Waals surface area contributed by atoms with Gasteiger partial charge in [0.1, 0.15) is 0 Å². The molecule has 0 spiro atoms. The summed E-state index contributed by atoms with van der Waals surface area (Å²) in [6, 6.07) is -0.530. The fourth-order valence-corrected chi connectivity index (χ4v) is 2.62. The van der Waals surface area contributed by atoms with Crippen molar-refractivity contribution in [2.75, 3.05) is 0 Å². The Kier molecular flexibility index (Phi) is 4.35. The first-order valence-corrected chi connectivity index (χ1v) is 7.27. The Morgan fingerprint density at radius 2 is 1.61 bits per heavy atom. The zero-order valence-corrected chi connectivity index (χ0v) is 13.2. The van der Waals surface area contributed by atoms with Crippen LogP contribution < -0.4 is 0 Å². The summed E-state index contributed by atoms with van der Waals surface area (Å²) in [5.41, 5.74) is -1.09. The highest BCUT2D eigenvalue weighted by Gasteiger charge is 2.40. The zero-order chi connectivity index (χ0) is 17.4. The maximum absolute atomic E-state index is 12.3. The van der Waals surface area contributed by atoms with Crippen LogP contribution in [0.5, 0.6) is 0 Å². The molecule has 2 rings (SSSR count). The smallest absolute Gasteiger partial charge is 0.330 e. The maximum atomic E-state index is 12.3. The predicted octanol–water partition coefficient (Wildman–Crippen LogP) is 0.323. The molecular weight excluding hydrogens is 304 g/mol. The summed E-state index contributed by atoms with van der Waals surface area (Å²) in [5, 5.41) is 0.489. The lowest BCUT2D eigenvalue weighted by atomic mass is 9.86. The normalized spacial score (nSPS) is 19.8. The first-order chi connectivity index (χ1) is 10.6. The van der Waals surface area contributed by atoms with Gasteiger partial charge < -0.3 is 4.84 Å². The Morgan fingerprint density at radius 3 is 2.09 bits per heavy atom. The first kappa shape index (κ1) is 16.9. The van der Waals surface area contributed by atoms with Crippen LogP contribution in [-0.2, 0) is 28.8 Å². The Hall–Kier alpha value is -2.51. The van der Waals surface area contributed by atoms with Crippen LogP contribution in [0, 0.1) is 5.41 Å². The molecule has 0 N–H and O–H groups in total. The van der Waals surface area contributed by atoms with Gasteiger partial charge in [0.05, 0.1) is 5.41 Å². The van der Waals surface area contributed by atoms with E-state index in [1.54, 1.807) is 20.8 Å². The fraction of sp³-hybridized carbons (Fsp3) is 0.533. The zero-order valence-electron chi connectivity index (χ0n) is 13.2. The van der Waals surface area contributed by atoms with Crippen LogP contribution in [0.15, 0.2) is 12.2 Å². The van der Waals surface area contributed by atoms with Gasteiger partial charge in [-0.3, -0.25) is 24.1 Å². The minimum Gasteiger partial charge on any atom is -0.330 e. The summed E-state index contributed by atoms with van der Waals surface area (Å²) >= 11 is 0. The Balaban J connectivity index is 2.01. The van der Waals surface area contributed by atoms with Crippen molar-refractivity contribution < 1.29 is 28.8 Å². The third-order valence-corrected chi connectivity index (χ3v) is 3.82. The molecule has 0 aliphatic carbocycles. The van der Waals surface area contributed by atoms with Crippen molar-refractivity contribution in [3.63, 3.8) is 0 Å². The summed E-state index contributed by atoms with van der Waals surface area (Å²) in [6.07, 6.45) is 2.52. The van der Waals surface area contributed by atoms with Crippen LogP contribution in [-0.4, -0.2) is 45.6 Å². The van der Waals surface area contributed by atoms with Gasteiger partial charge in [-0.1, -0.05) is 0 Å². The van der Waals surface area contributed by atoms with E-state index in [4.69, 9.17) is 4.84 Å². The third kappa shape index (κ3) is 3.30. The molecule has 0 radical (unpaired) electrons. The number of hydrogen-bond donors (Lipinski definition) is 0. The SMILES string of the molecule is CC(CC(C)(C)C(=O)ON1C(=O)CCC1=O)N1C(=O)C=CC1=O. The maximum Gasteiger partial charge on any atom is 0.338 e. The number of hydrogen-bond acceptors (Lipinski definition) is 6. The molecule has 0 saturated carbocycles. The van der Waals surface area contributed by atoms with E-state index in [9.17, 15) is 24.0 Å². The van der Waals surface area contributed by atoms with Crippen LogP contribution in [0.2, 0.25) is 0 Å². The number of carbonyl (C=O) groups is 5. The predicted molar refractivity (Wildman–Crippen MR) is 76.0 cm³/mol. The minimum absolute atomic E-state index is 0.0192. The standard InChI is InChI=1S/C15H18N2O6/c1-9(16-10(18)4-5-11(16)19)8-15(2,3)14(22)23-17-12(20)6-7-13(17)21/h4-5,9H,6-8H2,1-3H3. The van der Waals surface area contributed by atoms with Crippen LogP contribution >= 0.6 is 0 Å². The minimum atomic E-state index is -1.09. The van der Waals surface area contributed by atoms with Crippen molar-refractivity contribution in [2.45, 2.75) is 46.1 Å². The van der Waals surface area contributed by atoms with E-state index >= 15 is 0 Å². The van der Waals surface area contributed by atoms with Crippen molar-refractivity contribution in [1.82, 2.24) is 9.96 Å². The van der Waals surface area contributed by atoms with Gasteiger partial charge in [0.15, 0.2) is 0 Å². The number of carbonyl (C=O) groups excluding carboxylic acids is 5. The number of hydroxylamine groups is 2. The van der Waals surface area contributed by atoms with Crippen molar-refractivity contribution >= 4 is 29.6 Å². The molecule has 8 nitrogen and oxygen atoms in total. The molecule has 1 fully saturated rings. The average Bonchev–Trinajstić information content (AvgIpc) is 2.94. The lowest BCUT2D eigenvalue weighted by Crippen LogP contribution is -2.44. The Labute approximate surface area is 133 Å². The first-order valence-electron chi connectivity index (χ1n) is 7.27. The largest absolute Gasteiger partial charge is 0.338 e. The molecule has 2 aliphatic rings. The van der Waals surface area contributed by atoms with Gasteiger partial charge in [0.2, 0.25) is 0 Å². The lowest BCUT2D eigenvalue weighted by molar-refractivity contribution is -0.204. The van der Waals surface area contributed by atoms with E-state index in [0.717, 1.165) is 4.90 Å². The molecule has 124 valence electrons. The van der Waals surface area contributed by atoms with E-state index in [2.05, 4.69) is 0 Å². The molecular formula is C15H18N2O6. The molecule has 8 heteroatoms. The van der Waals surface area contributed by atoms with Crippen LogP contribution in [0.4, 0.5) is 0 Å². The van der Waals surface area contributed by atoms with Crippen molar-refractivity contribution in [2.24, 2.45) is 5.41 Å².